The third-order valence-corrected chi connectivity index (χ3v) is 3.62. The van der Waals surface area contributed by atoms with Crippen molar-refractivity contribution in [2.45, 2.75) is 0 Å². The molecule has 3 rings (SSSR count). The van der Waals surface area contributed by atoms with Gasteiger partial charge in [0, 0.05) is 36.3 Å². The first-order chi connectivity index (χ1) is 11.2. The smallest absolute Gasteiger partial charge is 0.265 e. The minimum atomic E-state index is -0.404. The number of nitrogens with zero attached hydrogens (tertiary/aromatic N) is 1. The van der Waals surface area contributed by atoms with Gasteiger partial charge >= 0.3 is 0 Å². The highest BCUT2D eigenvalue weighted by Gasteiger charge is 2.16. The van der Waals surface area contributed by atoms with Crippen LogP contribution in [0.15, 0.2) is 45.6 Å². The van der Waals surface area contributed by atoms with Crippen LogP contribution < -0.4 is 21.6 Å². The van der Waals surface area contributed by atoms with Gasteiger partial charge in [0.1, 0.15) is 5.76 Å². The Morgan fingerprint density at radius 1 is 1.17 bits per heavy atom. The van der Waals surface area contributed by atoms with E-state index in [1.54, 1.807) is 24.3 Å². The average Bonchev–Trinajstić information content (AvgIpc) is 2.61. The summed E-state index contributed by atoms with van der Waals surface area (Å²) in [6.07, 6.45) is 0. The highest BCUT2D eigenvalue weighted by atomic mass is 16.5. The summed E-state index contributed by atoms with van der Waals surface area (Å²) in [6.45, 7) is 2.53. The number of nitrogens with one attached hydrogen (secondary N) is 1. The SMILES string of the molecule is NNC(=O)c1cccc(-c2cc(=O)cc(N3CCOCC3)o2)c1. The second-order valence-corrected chi connectivity index (χ2v) is 5.15. The fourth-order valence-electron chi connectivity index (χ4n) is 2.44. The number of amides is 1. The monoisotopic (exact) mass is 315 g/mol. The summed E-state index contributed by atoms with van der Waals surface area (Å²) in [4.78, 5) is 25.6. The van der Waals surface area contributed by atoms with Crippen molar-refractivity contribution in [3.05, 3.63) is 52.2 Å². The second kappa shape index (κ2) is 6.64. The minimum Gasteiger partial charge on any atom is -0.440 e. The molecule has 7 heteroatoms. The first-order valence-electron chi connectivity index (χ1n) is 7.26. The largest absolute Gasteiger partial charge is 0.440 e. The van der Waals surface area contributed by atoms with E-state index >= 15 is 0 Å². The number of carbonyl (C=O) groups excluding carboxylic acids is 1. The molecule has 1 aliphatic rings. The number of hydrogen-bond donors (Lipinski definition) is 2. The molecule has 0 bridgehead atoms. The van der Waals surface area contributed by atoms with Gasteiger partial charge in [0.05, 0.1) is 13.2 Å². The Balaban J connectivity index is 1.98. The van der Waals surface area contributed by atoms with E-state index in [1.807, 2.05) is 4.90 Å². The second-order valence-electron chi connectivity index (χ2n) is 5.15. The van der Waals surface area contributed by atoms with Gasteiger partial charge in [0.25, 0.3) is 5.91 Å². The van der Waals surface area contributed by atoms with Gasteiger partial charge in [0.15, 0.2) is 11.3 Å². The summed E-state index contributed by atoms with van der Waals surface area (Å²) in [5.74, 6) is 5.66. The summed E-state index contributed by atoms with van der Waals surface area (Å²) in [6, 6.07) is 9.61. The first kappa shape index (κ1) is 15.3. The summed E-state index contributed by atoms with van der Waals surface area (Å²) in [5.41, 5.74) is 2.96. The molecule has 0 atom stereocenters. The highest BCUT2D eigenvalue weighted by Crippen LogP contribution is 2.24. The number of carbonyl (C=O) groups is 1. The van der Waals surface area contributed by atoms with Crippen LogP contribution in [0.4, 0.5) is 5.88 Å². The Morgan fingerprint density at radius 3 is 2.70 bits per heavy atom. The molecule has 1 amide bonds. The molecule has 1 aliphatic heterocycles. The third kappa shape index (κ3) is 3.41. The van der Waals surface area contributed by atoms with Crippen LogP contribution in [0.3, 0.4) is 0 Å². The third-order valence-electron chi connectivity index (χ3n) is 3.62. The fourth-order valence-corrected chi connectivity index (χ4v) is 2.44. The van der Waals surface area contributed by atoms with Crippen LogP contribution in [-0.2, 0) is 4.74 Å². The van der Waals surface area contributed by atoms with E-state index < -0.39 is 5.91 Å². The lowest BCUT2D eigenvalue weighted by Gasteiger charge is -2.27. The zero-order valence-electron chi connectivity index (χ0n) is 12.5. The molecule has 1 saturated heterocycles. The van der Waals surface area contributed by atoms with E-state index in [1.165, 1.54) is 12.1 Å². The maximum Gasteiger partial charge on any atom is 0.265 e. The van der Waals surface area contributed by atoms with Crippen molar-refractivity contribution in [1.29, 1.82) is 0 Å². The zero-order valence-corrected chi connectivity index (χ0v) is 12.5. The average molecular weight is 315 g/mol. The molecule has 23 heavy (non-hydrogen) atoms. The number of hydrazine groups is 1. The molecular weight excluding hydrogens is 298 g/mol. The molecule has 120 valence electrons. The molecule has 0 spiro atoms. The molecule has 1 aromatic heterocycles. The van der Waals surface area contributed by atoms with Gasteiger partial charge in [-0.05, 0) is 12.1 Å². The fraction of sp³-hybridized carbons (Fsp3) is 0.250. The van der Waals surface area contributed by atoms with Crippen LogP contribution in [0, 0.1) is 0 Å². The van der Waals surface area contributed by atoms with Crippen molar-refractivity contribution >= 4 is 11.8 Å². The van der Waals surface area contributed by atoms with E-state index in [2.05, 4.69) is 5.43 Å². The van der Waals surface area contributed by atoms with Crippen molar-refractivity contribution in [1.82, 2.24) is 5.43 Å². The van der Waals surface area contributed by atoms with E-state index in [9.17, 15) is 9.59 Å². The van der Waals surface area contributed by atoms with Gasteiger partial charge in [-0.3, -0.25) is 15.0 Å². The lowest BCUT2D eigenvalue weighted by Crippen LogP contribution is -2.36. The van der Waals surface area contributed by atoms with Gasteiger partial charge in [-0.25, -0.2) is 5.84 Å². The van der Waals surface area contributed by atoms with Crippen LogP contribution in [-0.4, -0.2) is 32.2 Å². The molecule has 1 fully saturated rings. The number of nitrogen functional groups attached to an aromatic ring is 1. The summed E-state index contributed by atoms with van der Waals surface area (Å²) < 4.78 is 11.2. The summed E-state index contributed by atoms with van der Waals surface area (Å²) >= 11 is 0. The van der Waals surface area contributed by atoms with E-state index in [-0.39, 0.29) is 5.43 Å². The lowest BCUT2D eigenvalue weighted by atomic mass is 10.1. The van der Waals surface area contributed by atoms with Crippen LogP contribution in [0.2, 0.25) is 0 Å². The zero-order chi connectivity index (χ0) is 16.2. The van der Waals surface area contributed by atoms with Crippen molar-refractivity contribution in [3.63, 3.8) is 0 Å². The van der Waals surface area contributed by atoms with Crippen LogP contribution in [0.25, 0.3) is 11.3 Å². The van der Waals surface area contributed by atoms with Gasteiger partial charge in [-0.15, -0.1) is 0 Å². The number of anilines is 1. The molecule has 0 saturated carbocycles. The van der Waals surface area contributed by atoms with Gasteiger partial charge in [-0.1, -0.05) is 12.1 Å². The number of morpholine rings is 1. The van der Waals surface area contributed by atoms with Crippen molar-refractivity contribution < 1.29 is 13.9 Å². The maximum atomic E-state index is 12.0. The van der Waals surface area contributed by atoms with E-state index in [0.717, 1.165) is 0 Å². The first-order valence-corrected chi connectivity index (χ1v) is 7.26. The highest BCUT2D eigenvalue weighted by molar-refractivity contribution is 5.94. The maximum absolute atomic E-state index is 12.0. The van der Waals surface area contributed by atoms with Crippen LogP contribution in [0.5, 0.6) is 0 Å². The Bertz CT molecular complexity index is 766. The summed E-state index contributed by atoms with van der Waals surface area (Å²) in [7, 11) is 0. The van der Waals surface area contributed by atoms with Crippen LogP contribution >= 0.6 is 0 Å². The van der Waals surface area contributed by atoms with Crippen molar-refractivity contribution in [2.75, 3.05) is 31.2 Å². The normalized spacial score (nSPS) is 14.6. The number of rotatable bonds is 3. The molecular formula is C16H17N3O4. The quantitative estimate of drug-likeness (QED) is 0.493. The molecule has 0 unspecified atom stereocenters. The predicted molar refractivity (Wildman–Crippen MR) is 85.1 cm³/mol. The Labute approximate surface area is 132 Å². The van der Waals surface area contributed by atoms with E-state index in [4.69, 9.17) is 15.0 Å². The Hall–Kier alpha value is -2.64. The number of benzene rings is 1. The summed E-state index contributed by atoms with van der Waals surface area (Å²) in [5, 5.41) is 0. The Kier molecular flexibility index (Phi) is 4.40. The van der Waals surface area contributed by atoms with Gasteiger partial charge < -0.3 is 14.1 Å². The van der Waals surface area contributed by atoms with Crippen molar-refractivity contribution in [2.24, 2.45) is 5.84 Å². The molecule has 0 aliphatic carbocycles. The number of nitrogens with two attached hydrogens (primary N) is 1. The molecule has 2 heterocycles. The molecule has 3 N–H and O–H groups in total. The standard InChI is InChI=1S/C16H17N3O4/c17-18-16(21)12-3-1-2-11(8-12)14-9-13(20)10-15(23-14)19-4-6-22-7-5-19/h1-3,8-10H,4-7,17H2,(H,18,21). The van der Waals surface area contributed by atoms with E-state index in [0.29, 0.717) is 49.1 Å². The molecule has 7 nitrogen and oxygen atoms in total. The molecule has 2 aromatic rings. The topological polar surface area (TPSA) is 97.8 Å². The number of ether oxygens (including phenoxy) is 1. The van der Waals surface area contributed by atoms with Crippen LogP contribution in [0.1, 0.15) is 10.4 Å². The predicted octanol–water partition coefficient (Wildman–Crippen LogP) is 0.747. The number of hydrogen-bond acceptors (Lipinski definition) is 6. The molecule has 1 aromatic carbocycles. The van der Waals surface area contributed by atoms with Gasteiger partial charge in [-0.2, -0.15) is 0 Å². The Morgan fingerprint density at radius 2 is 1.96 bits per heavy atom. The molecule has 0 radical (unpaired) electrons. The van der Waals surface area contributed by atoms with Crippen molar-refractivity contribution in [3.8, 4) is 11.3 Å². The lowest BCUT2D eigenvalue weighted by molar-refractivity contribution is 0.0953. The van der Waals surface area contributed by atoms with Gasteiger partial charge in [0.2, 0.25) is 0 Å². The minimum absolute atomic E-state index is 0.151.